The van der Waals surface area contributed by atoms with Crippen molar-refractivity contribution in [2.24, 2.45) is 0 Å². The molecule has 0 spiro atoms. The number of ether oxygens (including phenoxy) is 1. The van der Waals surface area contributed by atoms with E-state index in [0.717, 1.165) is 22.8 Å². The summed E-state index contributed by atoms with van der Waals surface area (Å²) in [5, 5.41) is 0. The van der Waals surface area contributed by atoms with E-state index in [-0.39, 0.29) is 30.6 Å². The molecule has 1 aromatic carbocycles. The number of rotatable bonds is 4. The Hall–Kier alpha value is -2.58. The van der Waals surface area contributed by atoms with E-state index in [2.05, 4.69) is 4.98 Å². The number of benzene rings is 1. The van der Waals surface area contributed by atoms with Crippen LogP contribution in [0.1, 0.15) is 18.9 Å². The second kappa shape index (κ2) is 6.27. The number of aromatic nitrogens is 2. The maximum atomic E-state index is 12.7. The first-order valence-corrected chi connectivity index (χ1v) is 6.73. The molecule has 0 bridgehead atoms. The maximum Gasteiger partial charge on any atom is 0.416 e. The van der Waals surface area contributed by atoms with E-state index in [1.807, 2.05) is 0 Å². The summed E-state index contributed by atoms with van der Waals surface area (Å²) in [6.07, 6.45) is -4.75. The van der Waals surface area contributed by atoms with Gasteiger partial charge in [0.15, 0.2) is 0 Å². The zero-order valence-electron chi connectivity index (χ0n) is 12.1. The fraction of sp³-hybridized carbons (Fsp3) is 0.357. The summed E-state index contributed by atoms with van der Waals surface area (Å²) in [4.78, 5) is 37.0. The van der Waals surface area contributed by atoms with E-state index < -0.39 is 28.8 Å². The molecule has 0 fully saturated rings. The van der Waals surface area contributed by atoms with Gasteiger partial charge in [0.25, 0.3) is 0 Å². The molecule has 1 N–H and O–H groups in total. The number of hydrogen-bond donors (Lipinski definition) is 1. The van der Waals surface area contributed by atoms with Gasteiger partial charge >= 0.3 is 23.3 Å². The lowest BCUT2D eigenvalue weighted by Crippen LogP contribution is -2.37. The Labute approximate surface area is 127 Å². The molecule has 2 aromatic rings. The van der Waals surface area contributed by atoms with Crippen LogP contribution in [0.15, 0.2) is 27.8 Å². The Morgan fingerprint density at radius 1 is 1.30 bits per heavy atom. The van der Waals surface area contributed by atoms with Gasteiger partial charge in [0.2, 0.25) is 0 Å². The summed E-state index contributed by atoms with van der Waals surface area (Å²) in [7, 11) is 0. The molecule has 1 aromatic heterocycles. The van der Waals surface area contributed by atoms with Crippen LogP contribution in [-0.2, 0) is 22.3 Å². The molecule has 0 aliphatic rings. The van der Waals surface area contributed by atoms with Crippen molar-refractivity contribution in [3.8, 4) is 0 Å². The number of nitrogens with one attached hydrogen (secondary N) is 1. The van der Waals surface area contributed by atoms with Crippen molar-refractivity contribution in [3.63, 3.8) is 0 Å². The van der Waals surface area contributed by atoms with Crippen molar-refractivity contribution in [3.05, 3.63) is 44.5 Å². The van der Waals surface area contributed by atoms with Crippen LogP contribution in [0.4, 0.5) is 13.2 Å². The number of hydrogen-bond acceptors (Lipinski definition) is 4. The van der Waals surface area contributed by atoms with Gasteiger partial charge in [-0.25, -0.2) is 0 Å². The maximum absolute atomic E-state index is 12.7. The van der Waals surface area contributed by atoms with E-state index in [1.54, 1.807) is 6.92 Å². The largest absolute Gasteiger partial charge is 0.466 e. The van der Waals surface area contributed by atoms with E-state index in [0.29, 0.717) is 0 Å². The predicted octanol–water partition coefficient (Wildman–Crippen LogP) is 1.66. The average Bonchev–Trinajstić information content (AvgIpc) is 2.46. The zero-order chi connectivity index (χ0) is 17.2. The number of H-pyrrole nitrogens is 1. The lowest BCUT2D eigenvalue weighted by molar-refractivity contribution is -0.143. The van der Waals surface area contributed by atoms with Crippen molar-refractivity contribution in [1.29, 1.82) is 0 Å². The third-order valence-corrected chi connectivity index (χ3v) is 3.15. The quantitative estimate of drug-likeness (QED) is 0.683. The van der Waals surface area contributed by atoms with Crippen LogP contribution in [0.3, 0.4) is 0 Å². The number of halogens is 3. The van der Waals surface area contributed by atoms with Crippen LogP contribution in [0.2, 0.25) is 0 Å². The zero-order valence-corrected chi connectivity index (χ0v) is 12.1. The minimum Gasteiger partial charge on any atom is -0.466 e. The van der Waals surface area contributed by atoms with Gasteiger partial charge in [0.1, 0.15) is 0 Å². The molecular formula is C14H13F3N2O4. The SMILES string of the molecule is CCOC(=O)CCn1c(=O)c(=O)[nH]c2cc(C(F)(F)F)ccc21. The smallest absolute Gasteiger partial charge is 0.416 e. The fourth-order valence-corrected chi connectivity index (χ4v) is 2.11. The number of esters is 1. The Bertz CT molecular complexity index is 852. The highest BCUT2D eigenvalue weighted by Crippen LogP contribution is 2.30. The number of carbonyl (C=O) groups is 1. The number of fused-ring (bicyclic) bond motifs is 1. The summed E-state index contributed by atoms with van der Waals surface area (Å²) in [6.45, 7) is 1.62. The van der Waals surface area contributed by atoms with Gasteiger partial charge in [-0.15, -0.1) is 0 Å². The minimum absolute atomic E-state index is 0.104. The predicted molar refractivity (Wildman–Crippen MR) is 75.1 cm³/mol. The van der Waals surface area contributed by atoms with Crippen molar-refractivity contribution >= 4 is 17.0 Å². The van der Waals surface area contributed by atoms with Crippen LogP contribution in [0.25, 0.3) is 11.0 Å². The molecule has 0 radical (unpaired) electrons. The molecule has 0 saturated heterocycles. The summed E-state index contributed by atoms with van der Waals surface area (Å²) in [6, 6.07) is 2.64. The van der Waals surface area contributed by atoms with Crippen molar-refractivity contribution < 1.29 is 22.7 Å². The summed E-state index contributed by atoms with van der Waals surface area (Å²) in [5.74, 6) is -0.570. The van der Waals surface area contributed by atoms with Gasteiger partial charge in [-0.2, -0.15) is 13.2 Å². The molecule has 0 aliphatic heterocycles. The molecule has 0 saturated carbocycles. The van der Waals surface area contributed by atoms with E-state index in [9.17, 15) is 27.6 Å². The third kappa shape index (κ3) is 3.61. The van der Waals surface area contributed by atoms with Crippen molar-refractivity contribution in [2.75, 3.05) is 6.61 Å². The number of carbonyl (C=O) groups excluding carboxylic acids is 1. The van der Waals surface area contributed by atoms with Crippen LogP contribution >= 0.6 is 0 Å². The standard InChI is InChI=1S/C14H13F3N2O4/c1-2-23-11(20)5-6-19-10-4-3-8(14(15,16)17)7-9(10)18-12(21)13(19)22/h3-4,7H,2,5-6H2,1H3,(H,18,21). The number of aryl methyl sites for hydroxylation is 1. The summed E-state index contributed by atoms with van der Waals surface area (Å²) >= 11 is 0. The Balaban J connectivity index is 2.51. The lowest BCUT2D eigenvalue weighted by Gasteiger charge is -2.12. The minimum atomic E-state index is -4.57. The molecule has 0 aliphatic carbocycles. The normalized spacial score (nSPS) is 11.7. The Kier molecular flexibility index (Phi) is 4.57. The van der Waals surface area contributed by atoms with Gasteiger partial charge in [0.05, 0.1) is 29.6 Å². The van der Waals surface area contributed by atoms with Crippen LogP contribution in [0, 0.1) is 0 Å². The Morgan fingerprint density at radius 2 is 2.00 bits per heavy atom. The second-order valence-electron chi connectivity index (χ2n) is 4.70. The molecule has 0 amide bonds. The number of aromatic amines is 1. The first-order chi connectivity index (χ1) is 10.7. The van der Waals surface area contributed by atoms with Crippen molar-refractivity contribution in [2.45, 2.75) is 26.1 Å². The van der Waals surface area contributed by atoms with E-state index in [1.165, 1.54) is 0 Å². The molecule has 0 unspecified atom stereocenters. The van der Waals surface area contributed by atoms with Crippen molar-refractivity contribution in [1.82, 2.24) is 9.55 Å². The Morgan fingerprint density at radius 3 is 2.61 bits per heavy atom. The second-order valence-corrected chi connectivity index (χ2v) is 4.70. The highest BCUT2D eigenvalue weighted by Gasteiger charge is 2.30. The lowest BCUT2D eigenvalue weighted by atomic mass is 10.2. The van der Waals surface area contributed by atoms with Gasteiger partial charge in [-0.1, -0.05) is 0 Å². The molecule has 9 heteroatoms. The highest BCUT2D eigenvalue weighted by molar-refractivity contribution is 5.76. The van der Waals surface area contributed by atoms with Crippen LogP contribution in [0.5, 0.6) is 0 Å². The molecule has 2 rings (SSSR count). The summed E-state index contributed by atoms with van der Waals surface area (Å²) < 4.78 is 43.8. The molecular weight excluding hydrogens is 317 g/mol. The average molecular weight is 330 g/mol. The van der Waals surface area contributed by atoms with E-state index in [4.69, 9.17) is 4.74 Å². The van der Waals surface area contributed by atoms with Crippen LogP contribution in [-0.4, -0.2) is 22.1 Å². The van der Waals surface area contributed by atoms with Gasteiger partial charge in [0, 0.05) is 6.54 Å². The fourth-order valence-electron chi connectivity index (χ4n) is 2.11. The summed E-state index contributed by atoms with van der Waals surface area (Å²) in [5.41, 5.74) is -2.97. The first kappa shape index (κ1) is 16.8. The molecule has 0 atom stereocenters. The number of alkyl halides is 3. The topological polar surface area (TPSA) is 81.2 Å². The molecule has 6 nitrogen and oxygen atoms in total. The third-order valence-electron chi connectivity index (χ3n) is 3.15. The monoisotopic (exact) mass is 330 g/mol. The van der Waals surface area contributed by atoms with Gasteiger partial charge in [-0.3, -0.25) is 14.4 Å². The molecule has 124 valence electrons. The van der Waals surface area contributed by atoms with Crippen LogP contribution < -0.4 is 11.1 Å². The highest BCUT2D eigenvalue weighted by atomic mass is 19.4. The van der Waals surface area contributed by atoms with Gasteiger partial charge in [-0.05, 0) is 25.1 Å². The number of nitrogens with zero attached hydrogens (tertiary/aromatic N) is 1. The molecule has 23 heavy (non-hydrogen) atoms. The first-order valence-electron chi connectivity index (χ1n) is 6.73. The van der Waals surface area contributed by atoms with Gasteiger partial charge < -0.3 is 14.3 Å². The molecule has 1 heterocycles. The van der Waals surface area contributed by atoms with E-state index >= 15 is 0 Å².